The molecule has 108 valence electrons. The number of hydrogen-bond acceptors (Lipinski definition) is 1. The Kier molecular flexibility index (Phi) is 3.71. The van der Waals surface area contributed by atoms with E-state index in [2.05, 4.69) is 70.2 Å². The highest BCUT2D eigenvalue weighted by molar-refractivity contribution is 7.84. The van der Waals surface area contributed by atoms with Gasteiger partial charge >= 0.3 is 0 Å². The van der Waals surface area contributed by atoms with E-state index < -0.39 is 0 Å². The Bertz CT molecular complexity index is 695. The van der Waals surface area contributed by atoms with Crippen molar-refractivity contribution in [1.29, 1.82) is 0 Å². The lowest BCUT2D eigenvalue weighted by Crippen LogP contribution is -1.95. The van der Waals surface area contributed by atoms with Crippen molar-refractivity contribution in [1.82, 2.24) is 0 Å². The van der Waals surface area contributed by atoms with Gasteiger partial charge in [-0.2, -0.15) is 0 Å². The first-order chi connectivity index (χ1) is 10.0. The first kappa shape index (κ1) is 14.5. The quantitative estimate of drug-likeness (QED) is 0.668. The zero-order chi connectivity index (χ0) is 15.1. The smallest absolute Gasteiger partial charge is 0.0157 e. The van der Waals surface area contributed by atoms with Crippen LogP contribution in [0.4, 0.5) is 0 Å². The monoisotopic (exact) mass is 294 g/mol. The zero-order valence-electron chi connectivity index (χ0n) is 13.1. The van der Waals surface area contributed by atoms with Crippen molar-refractivity contribution in [2.24, 2.45) is 11.8 Å². The summed E-state index contributed by atoms with van der Waals surface area (Å²) in [5.74, 6) is 1.02. The summed E-state index contributed by atoms with van der Waals surface area (Å²) in [5, 5.41) is 0. The van der Waals surface area contributed by atoms with Crippen molar-refractivity contribution < 1.29 is 0 Å². The Morgan fingerprint density at radius 1 is 0.762 bits per heavy atom. The Labute approximate surface area is 133 Å². The Morgan fingerprint density at radius 2 is 1.33 bits per heavy atom. The highest BCUT2D eigenvalue weighted by atomic mass is 32.1. The van der Waals surface area contributed by atoms with E-state index in [1.54, 1.807) is 0 Å². The van der Waals surface area contributed by atoms with E-state index in [1.165, 1.54) is 38.3 Å². The summed E-state index contributed by atoms with van der Waals surface area (Å²) >= 11 is 4.84. The average molecular weight is 294 g/mol. The van der Waals surface area contributed by atoms with Gasteiger partial charge in [0.05, 0.1) is 0 Å². The van der Waals surface area contributed by atoms with E-state index in [9.17, 15) is 0 Å². The standard InChI is InChI=1S/C20H22S/c1-12(2)15-10-17(14-8-6-5-7-9-14)18-11-16(13(3)4)20(21)19(15)18/h5-13,21H,1-4H3. The van der Waals surface area contributed by atoms with E-state index in [1.807, 2.05) is 0 Å². The van der Waals surface area contributed by atoms with Gasteiger partial charge in [0.1, 0.15) is 0 Å². The number of fused-ring (bicyclic) bond motifs is 1. The Balaban J connectivity index is 2.15. The Hall–Kier alpha value is -1.47. The maximum absolute atomic E-state index is 4.84. The average Bonchev–Trinajstić information content (AvgIpc) is 2.98. The van der Waals surface area contributed by atoms with Gasteiger partial charge in [0, 0.05) is 4.91 Å². The molecule has 0 N–H and O–H groups in total. The van der Waals surface area contributed by atoms with Crippen molar-refractivity contribution in [3.05, 3.63) is 75.2 Å². The van der Waals surface area contributed by atoms with E-state index in [4.69, 9.17) is 12.6 Å². The minimum absolute atomic E-state index is 0.508. The lowest BCUT2D eigenvalue weighted by molar-refractivity contribution is 0.783. The third kappa shape index (κ3) is 2.34. The minimum atomic E-state index is 0.508. The molecule has 2 aliphatic carbocycles. The van der Waals surface area contributed by atoms with Gasteiger partial charge in [-0.15, -0.1) is 12.6 Å². The zero-order valence-corrected chi connectivity index (χ0v) is 14.0. The second-order valence-electron chi connectivity index (χ2n) is 6.43. The molecule has 0 saturated carbocycles. The van der Waals surface area contributed by atoms with Gasteiger partial charge in [0.2, 0.25) is 0 Å². The van der Waals surface area contributed by atoms with Crippen LogP contribution in [0.3, 0.4) is 0 Å². The Morgan fingerprint density at radius 3 is 1.90 bits per heavy atom. The fraction of sp³-hybridized carbons (Fsp3) is 0.300. The molecule has 0 nitrogen and oxygen atoms in total. The van der Waals surface area contributed by atoms with Crippen LogP contribution in [0.25, 0.3) is 5.57 Å². The fourth-order valence-electron chi connectivity index (χ4n) is 3.13. The molecule has 0 heterocycles. The summed E-state index contributed by atoms with van der Waals surface area (Å²) in [6.07, 6.45) is 4.70. The van der Waals surface area contributed by atoms with Crippen molar-refractivity contribution >= 4 is 18.2 Å². The normalized spacial score (nSPS) is 17.9. The van der Waals surface area contributed by atoms with Crippen LogP contribution in [-0.4, -0.2) is 0 Å². The second kappa shape index (κ2) is 5.38. The van der Waals surface area contributed by atoms with E-state index in [-0.39, 0.29) is 0 Å². The maximum Gasteiger partial charge on any atom is 0.0157 e. The molecule has 0 unspecified atom stereocenters. The molecule has 0 fully saturated rings. The van der Waals surface area contributed by atoms with Gasteiger partial charge < -0.3 is 0 Å². The molecule has 3 rings (SSSR count). The van der Waals surface area contributed by atoms with Crippen LogP contribution in [0.2, 0.25) is 0 Å². The molecule has 0 spiro atoms. The summed E-state index contributed by atoms with van der Waals surface area (Å²) in [6.45, 7) is 9.01. The molecule has 2 aliphatic rings. The van der Waals surface area contributed by atoms with Gasteiger partial charge in [0.15, 0.2) is 0 Å². The molecule has 0 aliphatic heterocycles. The number of hydrogen-bond donors (Lipinski definition) is 1. The lowest BCUT2D eigenvalue weighted by Gasteiger charge is -2.10. The van der Waals surface area contributed by atoms with Gasteiger partial charge in [0.25, 0.3) is 0 Å². The predicted molar refractivity (Wildman–Crippen MR) is 95.2 cm³/mol. The second-order valence-corrected chi connectivity index (χ2v) is 6.87. The SMILES string of the molecule is CC(C)C1=C(S)C2=C(C(C)C)C=C(c3ccccc3)C2=C1. The van der Waals surface area contributed by atoms with Gasteiger partial charge in [-0.25, -0.2) is 0 Å². The third-order valence-corrected chi connectivity index (χ3v) is 4.77. The van der Waals surface area contributed by atoms with Crippen LogP contribution in [0.15, 0.2) is 69.7 Å². The molecular weight excluding hydrogens is 272 g/mol. The van der Waals surface area contributed by atoms with E-state index in [0.29, 0.717) is 11.8 Å². The van der Waals surface area contributed by atoms with Crippen molar-refractivity contribution in [2.45, 2.75) is 27.7 Å². The van der Waals surface area contributed by atoms with Crippen LogP contribution in [-0.2, 0) is 0 Å². The first-order valence-electron chi connectivity index (χ1n) is 7.68. The third-order valence-electron chi connectivity index (χ3n) is 4.29. The van der Waals surface area contributed by atoms with E-state index >= 15 is 0 Å². The minimum Gasteiger partial charge on any atom is -0.142 e. The molecule has 0 bridgehead atoms. The number of benzene rings is 1. The molecule has 1 aromatic rings. The van der Waals surface area contributed by atoms with Crippen LogP contribution in [0.5, 0.6) is 0 Å². The molecule has 21 heavy (non-hydrogen) atoms. The number of rotatable bonds is 3. The molecule has 1 heteroatoms. The van der Waals surface area contributed by atoms with Crippen molar-refractivity contribution in [3.8, 4) is 0 Å². The van der Waals surface area contributed by atoms with Crippen LogP contribution < -0.4 is 0 Å². The molecule has 0 amide bonds. The molecule has 1 aromatic carbocycles. The first-order valence-corrected chi connectivity index (χ1v) is 8.12. The van der Waals surface area contributed by atoms with Crippen LogP contribution >= 0.6 is 12.6 Å². The highest BCUT2D eigenvalue weighted by Gasteiger charge is 2.31. The van der Waals surface area contributed by atoms with Crippen molar-refractivity contribution in [2.75, 3.05) is 0 Å². The van der Waals surface area contributed by atoms with Gasteiger partial charge in [-0.1, -0.05) is 58.0 Å². The summed E-state index contributed by atoms with van der Waals surface area (Å²) in [7, 11) is 0. The maximum atomic E-state index is 4.84. The lowest BCUT2D eigenvalue weighted by atomic mass is 9.98. The highest BCUT2D eigenvalue weighted by Crippen LogP contribution is 2.50. The molecule has 0 saturated heterocycles. The van der Waals surface area contributed by atoms with Crippen LogP contribution in [0, 0.1) is 11.8 Å². The summed E-state index contributed by atoms with van der Waals surface area (Å²) in [6, 6.07) is 10.7. The number of allylic oxidation sites excluding steroid dienone is 7. The molecule has 0 aromatic heterocycles. The van der Waals surface area contributed by atoms with Crippen molar-refractivity contribution in [3.63, 3.8) is 0 Å². The molecule has 0 radical (unpaired) electrons. The summed E-state index contributed by atoms with van der Waals surface area (Å²) in [4.78, 5) is 1.17. The summed E-state index contributed by atoms with van der Waals surface area (Å²) < 4.78 is 0. The van der Waals surface area contributed by atoms with E-state index in [0.717, 1.165) is 0 Å². The largest absolute Gasteiger partial charge is 0.142 e. The fourth-order valence-corrected chi connectivity index (χ4v) is 3.70. The molecule has 0 atom stereocenters. The van der Waals surface area contributed by atoms with Gasteiger partial charge in [-0.3, -0.25) is 0 Å². The molecular formula is C20H22S. The topological polar surface area (TPSA) is 0 Å². The van der Waals surface area contributed by atoms with Gasteiger partial charge in [-0.05, 0) is 57.4 Å². The van der Waals surface area contributed by atoms with Crippen LogP contribution in [0.1, 0.15) is 33.3 Å². The predicted octanol–water partition coefficient (Wildman–Crippen LogP) is 5.82. The summed E-state index contributed by atoms with van der Waals surface area (Å²) in [5.41, 5.74) is 8.14. The number of thiol groups is 1.